The van der Waals surface area contributed by atoms with E-state index in [4.69, 9.17) is 4.74 Å². The molecule has 1 N–H and O–H groups in total. The van der Waals surface area contributed by atoms with Crippen molar-refractivity contribution in [3.63, 3.8) is 0 Å². The van der Waals surface area contributed by atoms with Crippen LogP contribution in [0.15, 0.2) is 60.7 Å². The van der Waals surface area contributed by atoms with Gasteiger partial charge in [-0.2, -0.15) is 0 Å². The van der Waals surface area contributed by atoms with Crippen LogP contribution in [0.2, 0.25) is 0 Å². The van der Waals surface area contributed by atoms with Gasteiger partial charge in [-0.25, -0.2) is 4.79 Å². The number of likely N-dealkylation sites (tertiary alicyclic amines) is 1. The molecule has 1 saturated heterocycles. The molecule has 1 aliphatic rings. The highest BCUT2D eigenvalue weighted by molar-refractivity contribution is 5.69. The van der Waals surface area contributed by atoms with Crippen LogP contribution >= 0.6 is 0 Å². The van der Waals surface area contributed by atoms with Crippen molar-refractivity contribution in [2.24, 2.45) is 0 Å². The maximum absolute atomic E-state index is 11.9. The molecule has 0 spiro atoms. The molecule has 4 nitrogen and oxygen atoms in total. The maximum Gasteiger partial charge on any atom is 0.410 e. The number of amides is 1. The van der Waals surface area contributed by atoms with Crippen molar-refractivity contribution in [2.45, 2.75) is 12.2 Å². The van der Waals surface area contributed by atoms with Crippen molar-refractivity contribution < 1.29 is 14.6 Å². The summed E-state index contributed by atoms with van der Waals surface area (Å²) in [5.74, 6) is 0. The molecule has 2 aromatic rings. The third-order valence-corrected chi connectivity index (χ3v) is 3.68. The minimum atomic E-state index is -0.951. The van der Waals surface area contributed by atoms with Gasteiger partial charge in [0.1, 0.15) is 12.2 Å². The molecule has 4 heteroatoms. The lowest BCUT2D eigenvalue weighted by Gasteiger charge is -2.45. The second-order valence-corrected chi connectivity index (χ2v) is 5.29. The zero-order chi connectivity index (χ0) is 14.7. The van der Waals surface area contributed by atoms with Gasteiger partial charge in [-0.1, -0.05) is 60.7 Å². The topological polar surface area (TPSA) is 49.8 Å². The molecule has 3 rings (SSSR count). The fourth-order valence-corrected chi connectivity index (χ4v) is 2.46. The van der Waals surface area contributed by atoms with E-state index in [1.807, 2.05) is 60.7 Å². The van der Waals surface area contributed by atoms with E-state index in [2.05, 4.69) is 0 Å². The lowest BCUT2D eigenvalue weighted by atomic mass is 9.86. The van der Waals surface area contributed by atoms with Crippen molar-refractivity contribution in [3.8, 4) is 0 Å². The summed E-state index contributed by atoms with van der Waals surface area (Å²) >= 11 is 0. The highest BCUT2D eigenvalue weighted by Gasteiger charge is 2.45. The van der Waals surface area contributed by atoms with Crippen LogP contribution in [0.4, 0.5) is 4.79 Å². The standard InChI is InChI=1S/C17H17NO3/c19-16(21-11-14-7-3-1-4-8-14)18-12-17(20,13-18)15-9-5-2-6-10-15/h1-10,20H,11-13H2. The molecule has 1 aliphatic heterocycles. The largest absolute Gasteiger partial charge is 0.445 e. The van der Waals surface area contributed by atoms with Gasteiger partial charge in [0.05, 0.1) is 13.1 Å². The molecular weight excluding hydrogens is 266 g/mol. The van der Waals surface area contributed by atoms with Crippen molar-refractivity contribution in [3.05, 3.63) is 71.8 Å². The molecule has 0 aromatic heterocycles. The first-order chi connectivity index (χ1) is 10.2. The van der Waals surface area contributed by atoms with Crippen LogP contribution in [-0.4, -0.2) is 29.2 Å². The number of hydrogen-bond donors (Lipinski definition) is 1. The van der Waals surface area contributed by atoms with E-state index >= 15 is 0 Å². The SMILES string of the molecule is O=C(OCc1ccccc1)N1CC(O)(c2ccccc2)C1. The summed E-state index contributed by atoms with van der Waals surface area (Å²) in [4.78, 5) is 13.4. The lowest BCUT2D eigenvalue weighted by Crippen LogP contribution is -2.61. The average Bonchev–Trinajstić information content (AvgIpc) is 2.51. The molecule has 0 radical (unpaired) electrons. The maximum atomic E-state index is 11.9. The summed E-state index contributed by atoms with van der Waals surface area (Å²) in [5, 5.41) is 10.4. The average molecular weight is 283 g/mol. The summed E-state index contributed by atoms with van der Waals surface area (Å²) in [6.07, 6.45) is -0.389. The molecule has 1 heterocycles. The van der Waals surface area contributed by atoms with Gasteiger partial charge < -0.3 is 14.7 Å². The first-order valence-corrected chi connectivity index (χ1v) is 6.91. The zero-order valence-corrected chi connectivity index (χ0v) is 11.6. The number of carbonyl (C=O) groups is 1. The van der Waals surface area contributed by atoms with E-state index in [1.165, 1.54) is 4.90 Å². The fraction of sp³-hybridized carbons (Fsp3) is 0.235. The van der Waals surface area contributed by atoms with Crippen molar-refractivity contribution in [1.29, 1.82) is 0 Å². The number of β-amino-alcohol motifs (C(OH)–C–C–N with tert-alkyl or cyclic N) is 1. The smallest absolute Gasteiger partial charge is 0.410 e. The highest BCUT2D eigenvalue weighted by atomic mass is 16.6. The minimum absolute atomic E-state index is 0.250. The lowest BCUT2D eigenvalue weighted by molar-refractivity contribution is -0.0949. The Morgan fingerprint density at radius 1 is 1.05 bits per heavy atom. The van der Waals surface area contributed by atoms with E-state index < -0.39 is 5.60 Å². The van der Waals surface area contributed by atoms with Crippen LogP contribution in [0.3, 0.4) is 0 Å². The number of hydrogen-bond acceptors (Lipinski definition) is 3. The van der Waals surface area contributed by atoms with E-state index in [0.717, 1.165) is 11.1 Å². The predicted molar refractivity (Wildman–Crippen MR) is 78.5 cm³/mol. The summed E-state index contributed by atoms with van der Waals surface area (Å²) < 4.78 is 5.24. The summed E-state index contributed by atoms with van der Waals surface area (Å²) in [5.41, 5.74) is 0.828. The highest BCUT2D eigenvalue weighted by Crippen LogP contribution is 2.32. The van der Waals surface area contributed by atoms with Gasteiger partial charge in [-0.3, -0.25) is 0 Å². The van der Waals surface area contributed by atoms with E-state index in [0.29, 0.717) is 0 Å². The van der Waals surface area contributed by atoms with Gasteiger partial charge in [0.25, 0.3) is 0 Å². The van der Waals surface area contributed by atoms with Gasteiger partial charge in [0.15, 0.2) is 0 Å². The Hall–Kier alpha value is -2.33. The molecule has 1 amide bonds. The Morgan fingerprint density at radius 3 is 2.24 bits per heavy atom. The van der Waals surface area contributed by atoms with E-state index in [9.17, 15) is 9.90 Å². The number of benzene rings is 2. The van der Waals surface area contributed by atoms with Crippen molar-refractivity contribution in [1.82, 2.24) is 4.90 Å². The van der Waals surface area contributed by atoms with E-state index in [1.54, 1.807) is 0 Å². The summed E-state index contributed by atoms with van der Waals surface area (Å²) in [7, 11) is 0. The Labute approximate surface area is 123 Å². The van der Waals surface area contributed by atoms with E-state index in [-0.39, 0.29) is 25.8 Å². The third-order valence-electron chi connectivity index (χ3n) is 3.68. The molecule has 21 heavy (non-hydrogen) atoms. The van der Waals surface area contributed by atoms with Crippen molar-refractivity contribution in [2.75, 3.05) is 13.1 Å². The second kappa shape index (κ2) is 5.58. The normalized spacial score (nSPS) is 16.1. The Morgan fingerprint density at radius 2 is 1.62 bits per heavy atom. The van der Waals surface area contributed by atoms with Crippen LogP contribution in [0, 0.1) is 0 Å². The fourth-order valence-electron chi connectivity index (χ4n) is 2.46. The van der Waals surface area contributed by atoms with Gasteiger partial charge in [-0.15, -0.1) is 0 Å². The third kappa shape index (κ3) is 2.90. The van der Waals surface area contributed by atoms with Crippen LogP contribution < -0.4 is 0 Å². The Kier molecular flexibility index (Phi) is 3.62. The van der Waals surface area contributed by atoms with Crippen molar-refractivity contribution >= 4 is 6.09 Å². The van der Waals surface area contributed by atoms with Crippen LogP contribution in [0.5, 0.6) is 0 Å². The van der Waals surface area contributed by atoms with Crippen LogP contribution in [0.1, 0.15) is 11.1 Å². The van der Waals surface area contributed by atoms with Gasteiger partial charge in [-0.05, 0) is 11.1 Å². The summed E-state index contributed by atoms with van der Waals surface area (Å²) in [6.45, 7) is 0.787. The molecule has 0 saturated carbocycles. The molecule has 108 valence electrons. The van der Waals surface area contributed by atoms with Crippen LogP contribution in [0.25, 0.3) is 0 Å². The summed E-state index contributed by atoms with van der Waals surface area (Å²) in [6, 6.07) is 18.9. The zero-order valence-electron chi connectivity index (χ0n) is 11.6. The molecule has 0 unspecified atom stereocenters. The molecule has 0 atom stereocenters. The monoisotopic (exact) mass is 283 g/mol. The molecule has 0 aliphatic carbocycles. The molecule has 1 fully saturated rings. The van der Waals surface area contributed by atoms with Gasteiger partial charge in [0.2, 0.25) is 0 Å². The quantitative estimate of drug-likeness (QED) is 0.941. The first-order valence-electron chi connectivity index (χ1n) is 6.91. The second-order valence-electron chi connectivity index (χ2n) is 5.29. The van der Waals surface area contributed by atoms with Gasteiger partial charge in [0, 0.05) is 0 Å². The number of rotatable bonds is 3. The first kappa shape index (κ1) is 13.6. The molecule has 2 aromatic carbocycles. The number of carbonyl (C=O) groups excluding carboxylic acids is 1. The molecule has 0 bridgehead atoms. The Balaban J connectivity index is 1.53. The molecular formula is C17H17NO3. The number of ether oxygens (including phenoxy) is 1. The minimum Gasteiger partial charge on any atom is -0.445 e. The number of aliphatic hydroxyl groups is 1. The Bertz CT molecular complexity index is 606. The predicted octanol–water partition coefficient (Wildman–Crippen LogP) is 2.53. The van der Waals surface area contributed by atoms with Crippen LogP contribution in [-0.2, 0) is 16.9 Å². The number of nitrogens with zero attached hydrogens (tertiary/aromatic N) is 1. The van der Waals surface area contributed by atoms with Gasteiger partial charge >= 0.3 is 6.09 Å².